The molecule has 1 aliphatic rings. The number of hydrogen-bond donors (Lipinski definition) is 0. The Kier molecular flexibility index (Phi) is 5.78. The van der Waals surface area contributed by atoms with E-state index in [9.17, 15) is 13.7 Å². The average Bonchev–Trinajstić information content (AvgIpc) is 3.38. The fraction of sp³-hybridized carbons (Fsp3) is 0.375. The summed E-state index contributed by atoms with van der Waals surface area (Å²) in [6.07, 6.45) is 2.93. The summed E-state index contributed by atoms with van der Waals surface area (Å²) < 4.78 is 35.7. The van der Waals surface area contributed by atoms with E-state index in [1.165, 1.54) is 0 Å². The number of nitrogens with zero attached hydrogens (tertiary/aromatic N) is 3. The summed E-state index contributed by atoms with van der Waals surface area (Å²) >= 11 is 0. The Morgan fingerprint density at radius 3 is 2.58 bits per heavy atom. The maximum Gasteiger partial charge on any atom is 0.243 e. The van der Waals surface area contributed by atoms with Gasteiger partial charge in [0, 0.05) is 42.7 Å². The summed E-state index contributed by atoms with van der Waals surface area (Å²) in [4.78, 5) is 0.291. The third-order valence-electron chi connectivity index (χ3n) is 5.81. The van der Waals surface area contributed by atoms with Crippen LogP contribution in [0.3, 0.4) is 0 Å². The van der Waals surface area contributed by atoms with Gasteiger partial charge in [0.15, 0.2) is 0 Å². The number of nitriles is 1. The summed E-state index contributed by atoms with van der Waals surface area (Å²) in [5, 5.41) is 10.3. The van der Waals surface area contributed by atoms with Gasteiger partial charge in [-0.3, -0.25) is 0 Å². The molecular weight excluding hydrogens is 410 g/mol. The highest BCUT2D eigenvalue weighted by Crippen LogP contribution is 2.36. The third kappa shape index (κ3) is 4.06. The molecule has 0 N–H and O–H groups in total. The molecule has 1 aliphatic heterocycles. The van der Waals surface area contributed by atoms with E-state index in [1.807, 2.05) is 32.0 Å². The van der Waals surface area contributed by atoms with Gasteiger partial charge in [-0.15, -0.1) is 0 Å². The largest absolute Gasteiger partial charge is 0.491 e. The highest BCUT2D eigenvalue weighted by atomic mass is 32.2. The number of rotatable bonds is 6. The van der Waals surface area contributed by atoms with Gasteiger partial charge in [-0.25, -0.2) is 8.42 Å². The summed E-state index contributed by atoms with van der Waals surface area (Å²) in [5.74, 6) is 0.791. The molecule has 1 unspecified atom stereocenters. The van der Waals surface area contributed by atoms with E-state index < -0.39 is 10.0 Å². The predicted molar refractivity (Wildman–Crippen MR) is 121 cm³/mol. The number of fused-ring (bicyclic) bond motifs is 1. The molecule has 1 saturated heterocycles. The van der Waals surface area contributed by atoms with Crippen molar-refractivity contribution < 1.29 is 13.2 Å². The van der Waals surface area contributed by atoms with Crippen LogP contribution in [0.2, 0.25) is 0 Å². The van der Waals surface area contributed by atoms with Gasteiger partial charge in [0.25, 0.3) is 0 Å². The van der Waals surface area contributed by atoms with E-state index in [0.717, 1.165) is 29.4 Å². The van der Waals surface area contributed by atoms with E-state index >= 15 is 0 Å². The number of ether oxygens (including phenoxy) is 1. The Bertz CT molecular complexity index is 1240. The van der Waals surface area contributed by atoms with Crippen molar-refractivity contribution in [1.29, 1.82) is 5.26 Å². The molecular formula is C24H27N3O3S. The molecule has 0 radical (unpaired) electrons. The molecule has 4 rings (SSSR count). The molecule has 1 aromatic heterocycles. The molecule has 2 aromatic carbocycles. The highest BCUT2D eigenvalue weighted by Gasteiger charge is 2.34. The monoisotopic (exact) mass is 437 g/mol. The van der Waals surface area contributed by atoms with E-state index in [4.69, 9.17) is 4.74 Å². The van der Waals surface area contributed by atoms with Crippen LogP contribution in [0.4, 0.5) is 0 Å². The second-order valence-electron chi connectivity index (χ2n) is 8.20. The maximum atomic E-state index is 13.2. The lowest BCUT2D eigenvalue weighted by molar-refractivity contribution is 0.242. The van der Waals surface area contributed by atoms with Gasteiger partial charge >= 0.3 is 0 Å². The fourth-order valence-electron chi connectivity index (χ4n) is 4.29. The van der Waals surface area contributed by atoms with Crippen molar-refractivity contribution >= 4 is 20.9 Å². The Hall–Kier alpha value is -2.82. The number of aryl methyl sites for hydroxylation is 1. The van der Waals surface area contributed by atoms with Crippen LogP contribution in [-0.2, 0) is 16.6 Å². The third-order valence-corrected chi connectivity index (χ3v) is 7.69. The molecule has 0 spiro atoms. The van der Waals surface area contributed by atoms with Gasteiger partial charge in [-0.05, 0) is 69.2 Å². The first-order chi connectivity index (χ1) is 14.8. The zero-order chi connectivity index (χ0) is 22.2. The quantitative estimate of drug-likeness (QED) is 0.569. The van der Waals surface area contributed by atoms with Crippen LogP contribution in [0, 0.1) is 11.3 Å². The fourth-order valence-corrected chi connectivity index (χ4v) is 5.79. The van der Waals surface area contributed by atoms with Crippen molar-refractivity contribution in [3.8, 4) is 11.8 Å². The Labute approximate surface area is 183 Å². The van der Waals surface area contributed by atoms with Gasteiger partial charge in [-0.2, -0.15) is 9.57 Å². The van der Waals surface area contributed by atoms with Crippen molar-refractivity contribution in [3.63, 3.8) is 0 Å². The van der Waals surface area contributed by atoms with Crippen LogP contribution in [0.5, 0.6) is 5.75 Å². The van der Waals surface area contributed by atoms with Gasteiger partial charge in [-0.1, -0.05) is 6.07 Å². The smallest absolute Gasteiger partial charge is 0.243 e. The molecule has 162 valence electrons. The van der Waals surface area contributed by atoms with Gasteiger partial charge in [0.2, 0.25) is 10.0 Å². The first kappa shape index (κ1) is 21.4. The van der Waals surface area contributed by atoms with E-state index in [2.05, 4.69) is 23.8 Å². The lowest BCUT2D eigenvalue weighted by atomic mass is 9.97. The highest BCUT2D eigenvalue weighted by molar-refractivity contribution is 7.89. The molecule has 6 nitrogen and oxygen atoms in total. The molecule has 0 amide bonds. The van der Waals surface area contributed by atoms with Crippen LogP contribution in [0.1, 0.15) is 44.2 Å². The van der Waals surface area contributed by atoms with E-state index in [-0.39, 0.29) is 12.0 Å². The van der Waals surface area contributed by atoms with Crippen LogP contribution >= 0.6 is 0 Å². The van der Waals surface area contributed by atoms with Gasteiger partial charge < -0.3 is 9.30 Å². The molecule has 31 heavy (non-hydrogen) atoms. The number of benzene rings is 2. The van der Waals surface area contributed by atoms with Crippen molar-refractivity contribution in [1.82, 2.24) is 8.87 Å². The molecule has 3 aromatic rings. The van der Waals surface area contributed by atoms with Crippen LogP contribution in [0.25, 0.3) is 10.9 Å². The standard InChI is InChI=1S/C24H27N3O3S/c1-4-26-16-23(22-10-5-18(14-25)13-24(22)26)19-11-12-27(15-19)31(28,29)21-8-6-20(7-9-21)30-17(2)3/h5-10,13,16-17,19H,4,11-12,15H2,1-3H3. The zero-order valence-electron chi connectivity index (χ0n) is 18.1. The predicted octanol–water partition coefficient (Wildman–Crippen LogP) is 4.50. The first-order valence-corrected chi connectivity index (χ1v) is 12.1. The molecule has 1 fully saturated rings. The van der Waals surface area contributed by atoms with Crippen LogP contribution in [0.15, 0.2) is 53.6 Å². The first-order valence-electron chi connectivity index (χ1n) is 10.6. The molecule has 0 bridgehead atoms. The zero-order valence-corrected chi connectivity index (χ0v) is 18.9. The summed E-state index contributed by atoms with van der Waals surface area (Å²) in [6.45, 7) is 7.68. The minimum absolute atomic E-state index is 0.0382. The Morgan fingerprint density at radius 2 is 1.94 bits per heavy atom. The minimum atomic E-state index is -3.56. The summed E-state index contributed by atoms with van der Waals surface area (Å²) in [6, 6.07) is 14.6. The summed E-state index contributed by atoms with van der Waals surface area (Å²) in [5.41, 5.74) is 2.81. The number of aromatic nitrogens is 1. The molecule has 7 heteroatoms. The van der Waals surface area contributed by atoms with Crippen molar-refractivity contribution in [2.24, 2.45) is 0 Å². The van der Waals surface area contributed by atoms with Crippen molar-refractivity contribution in [2.45, 2.75) is 50.7 Å². The minimum Gasteiger partial charge on any atom is -0.491 e. The lowest BCUT2D eigenvalue weighted by Gasteiger charge is -2.17. The molecule has 2 heterocycles. The normalized spacial score (nSPS) is 17.3. The van der Waals surface area contributed by atoms with Gasteiger partial charge in [0.1, 0.15) is 5.75 Å². The number of hydrogen-bond acceptors (Lipinski definition) is 4. The summed E-state index contributed by atoms with van der Waals surface area (Å²) in [7, 11) is -3.56. The maximum absolute atomic E-state index is 13.2. The van der Waals surface area contributed by atoms with E-state index in [0.29, 0.717) is 29.3 Å². The SMILES string of the molecule is CCn1cc(C2CCN(S(=O)(=O)c3ccc(OC(C)C)cc3)C2)c2ccc(C#N)cc21. The second kappa shape index (κ2) is 8.37. The Morgan fingerprint density at radius 1 is 1.19 bits per heavy atom. The Balaban J connectivity index is 1.59. The topological polar surface area (TPSA) is 75.3 Å². The molecule has 0 aliphatic carbocycles. The van der Waals surface area contributed by atoms with Crippen LogP contribution in [-0.4, -0.2) is 36.5 Å². The second-order valence-corrected chi connectivity index (χ2v) is 10.1. The molecule has 0 saturated carbocycles. The average molecular weight is 438 g/mol. The van der Waals surface area contributed by atoms with E-state index in [1.54, 1.807) is 28.6 Å². The van der Waals surface area contributed by atoms with Crippen LogP contribution < -0.4 is 4.74 Å². The van der Waals surface area contributed by atoms with Crippen molar-refractivity contribution in [3.05, 3.63) is 59.8 Å². The molecule has 1 atom stereocenters. The van der Waals surface area contributed by atoms with Gasteiger partial charge in [0.05, 0.1) is 22.6 Å². The van der Waals surface area contributed by atoms with Crippen molar-refractivity contribution in [2.75, 3.05) is 13.1 Å². The lowest BCUT2D eigenvalue weighted by Crippen LogP contribution is -2.28. The number of sulfonamides is 1.